The smallest absolute Gasteiger partial charge is 0.205 e. The van der Waals surface area contributed by atoms with E-state index in [4.69, 9.17) is 18.0 Å². The topological polar surface area (TPSA) is 69.6 Å². The first-order chi connectivity index (χ1) is 10.1. The molecule has 0 atom stereocenters. The Bertz CT molecular complexity index is 800. The van der Waals surface area contributed by atoms with Gasteiger partial charge in [-0.3, -0.25) is 0 Å². The molecule has 0 saturated heterocycles. The van der Waals surface area contributed by atoms with E-state index >= 15 is 0 Å². The van der Waals surface area contributed by atoms with Crippen molar-refractivity contribution in [2.24, 2.45) is 5.73 Å². The van der Waals surface area contributed by atoms with Crippen LogP contribution in [0.15, 0.2) is 53.0 Å². The number of aromatic nitrogens is 4. The van der Waals surface area contributed by atoms with Gasteiger partial charge in [0.05, 0.1) is 5.69 Å². The van der Waals surface area contributed by atoms with Gasteiger partial charge >= 0.3 is 0 Å². The summed E-state index contributed by atoms with van der Waals surface area (Å²) in [5.41, 5.74) is 8.10. The van der Waals surface area contributed by atoms with Crippen molar-refractivity contribution in [3.05, 3.63) is 58.6 Å². The van der Waals surface area contributed by atoms with Crippen LogP contribution in [-0.4, -0.2) is 25.2 Å². The lowest BCUT2D eigenvalue weighted by Crippen LogP contribution is -2.10. The van der Waals surface area contributed by atoms with Gasteiger partial charge in [-0.2, -0.15) is 0 Å². The average Bonchev–Trinajstić information content (AvgIpc) is 2.97. The number of tetrazole rings is 1. The molecule has 0 aliphatic heterocycles. The van der Waals surface area contributed by atoms with Crippen LogP contribution >= 0.6 is 28.1 Å². The Labute approximate surface area is 134 Å². The maximum Gasteiger partial charge on any atom is 0.205 e. The second-order valence-corrected chi connectivity index (χ2v) is 5.59. The normalized spacial score (nSPS) is 10.5. The van der Waals surface area contributed by atoms with Crippen molar-refractivity contribution in [2.45, 2.75) is 0 Å². The highest BCUT2D eigenvalue weighted by molar-refractivity contribution is 9.10. The Morgan fingerprint density at radius 1 is 1.14 bits per heavy atom. The number of nitrogens with two attached hydrogens (primary N) is 1. The van der Waals surface area contributed by atoms with Crippen LogP contribution in [0.3, 0.4) is 0 Å². The summed E-state index contributed by atoms with van der Waals surface area (Å²) in [5.74, 6) is 0.574. The molecule has 1 heterocycles. The molecule has 0 aliphatic rings. The minimum atomic E-state index is 0.338. The lowest BCUT2D eigenvalue weighted by molar-refractivity contribution is 0.719. The van der Waals surface area contributed by atoms with Crippen molar-refractivity contribution in [3.63, 3.8) is 0 Å². The molecule has 0 saturated carbocycles. The van der Waals surface area contributed by atoms with Crippen LogP contribution in [0.1, 0.15) is 5.56 Å². The van der Waals surface area contributed by atoms with Gasteiger partial charge in [0, 0.05) is 15.6 Å². The molecule has 5 nitrogen and oxygen atoms in total. The quantitative estimate of drug-likeness (QED) is 0.728. The van der Waals surface area contributed by atoms with Gasteiger partial charge in [-0.1, -0.05) is 42.5 Å². The summed E-state index contributed by atoms with van der Waals surface area (Å²) < 4.78 is 0.797. The molecule has 21 heavy (non-hydrogen) atoms. The van der Waals surface area contributed by atoms with Gasteiger partial charge < -0.3 is 5.73 Å². The van der Waals surface area contributed by atoms with E-state index in [1.165, 1.54) is 4.80 Å². The van der Waals surface area contributed by atoms with E-state index in [1.807, 2.05) is 48.5 Å². The minimum absolute atomic E-state index is 0.338. The van der Waals surface area contributed by atoms with Crippen molar-refractivity contribution in [2.75, 3.05) is 0 Å². The van der Waals surface area contributed by atoms with Crippen molar-refractivity contribution >= 4 is 33.1 Å². The molecule has 2 aromatic carbocycles. The van der Waals surface area contributed by atoms with Gasteiger partial charge in [0.2, 0.25) is 5.82 Å². The van der Waals surface area contributed by atoms with E-state index in [2.05, 4.69) is 31.3 Å². The fraction of sp³-hybridized carbons (Fsp3) is 0. The van der Waals surface area contributed by atoms with Gasteiger partial charge in [0.25, 0.3) is 0 Å². The molecule has 0 radical (unpaired) electrons. The Morgan fingerprint density at radius 3 is 2.57 bits per heavy atom. The van der Waals surface area contributed by atoms with Crippen LogP contribution in [0.4, 0.5) is 0 Å². The van der Waals surface area contributed by atoms with Gasteiger partial charge in [-0.25, -0.2) is 0 Å². The highest BCUT2D eigenvalue weighted by Gasteiger charge is 2.09. The number of hydrogen-bond donors (Lipinski definition) is 1. The maximum atomic E-state index is 5.63. The van der Waals surface area contributed by atoms with Crippen LogP contribution in [0.5, 0.6) is 0 Å². The lowest BCUT2D eigenvalue weighted by atomic mass is 10.2. The lowest BCUT2D eigenvalue weighted by Gasteiger charge is -2.04. The summed E-state index contributed by atoms with van der Waals surface area (Å²) in [5, 5.41) is 12.5. The Morgan fingerprint density at radius 2 is 1.90 bits per heavy atom. The first-order valence-electron chi connectivity index (χ1n) is 6.10. The third-order valence-corrected chi connectivity index (χ3v) is 3.77. The first kappa shape index (κ1) is 13.8. The zero-order chi connectivity index (χ0) is 14.8. The van der Waals surface area contributed by atoms with Crippen molar-refractivity contribution < 1.29 is 0 Å². The van der Waals surface area contributed by atoms with Crippen LogP contribution in [0.25, 0.3) is 17.1 Å². The SMILES string of the molecule is NC(=S)c1ccc(-n2nnc(-c3ccccc3)n2)cc1Br. The van der Waals surface area contributed by atoms with Gasteiger partial charge in [-0.15, -0.1) is 15.0 Å². The highest BCUT2D eigenvalue weighted by atomic mass is 79.9. The molecular formula is C14H10BrN5S. The fourth-order valence-corrected chi connectivity index (χ4v) is 2.74. The first-order valence-corrected chi connectivity index (χ1v) is 7.30. The predicted octanol–water partition coefficient (Wildman–Crippen LogP) is 2.73. The summed E-state index contributed by atoms with van der Waals surface area (Å²) in [7, 11) is 0. The highest BCUT2D eigenvalue weighted by Crippen LogP contribution is 2.21. The molecule has 3 aromatic rings. The Kier molecular flexibility index (Phi) is 3.76. The third kappa shape index (κ3) is 2.84. The molecule has 0 bridgehead atoms. The molecule has 1 aromatic heterocycles. The van der Waals surface area contributed by atoms with Gasteiger partial charge in [0.15, 0.2) is 0 Å². The van der Waals surface area contributed by atoms with Crippen molar-refractivity contribution in [1.82, 2.24) is 20.2 Å². The van der Waals surface area contributed by atoms with Gasteiger partial charge in [-0.05, 0) is 39.3 Å². The minimum Gasteiger partial charge on any atom is -0.389 e. The second kappa shape index (κ2) is 5.71. The summed E-state index contributed by atoms with van der Waals surface area (Å²) in [6.45, 7) is 0. The molecule has 0 amide bonds. The number of hydrogen-bond acceptors (Lipinski definition) is 4. The van der Waals surface area contributed by atoms with E-state index in [1.54, 1.807) is 0 Å². The van der Waals surface area contributed by atoms with Crippen LogP contribution in [-0.2, 0) is 0 Å². The fourth-order valence-electron chi connectivity index (χ4n) is 1.85. The van der Waals surface area contributed by atoms with E-state index < -0.39 is 0 Å². The second-order valence-electron chi connectivity index (χ2n) is 4.30. The van der Waals surface area contributed by atoms with E-state index in [-0.39, 0.29) is 0 Å². The predicted molar refractivity (Wildman–Crippen MR) is 88.2 cm³/mol. The van der Waals surface area contributed by atoms with E-state index in [0.29, 0.717) is 10.8 Å². The molecule has 3 rings (SSSR count). The standard InChI is InChI=1S/C14H10BrN5S/c15-12-8-10(6-7-11(12)13(16)21)20-18-14(17-19-20)9-4-2-1-3-5-9/h1-8H,(H2,16,21). The van der Waals surface area contributed by atoms with Crippen molar-refractivity contribution in [3.8, 4) is 17.1 Å². The summed E-state index contributed by atoms with van der Waals surface area (Å²) in [6, 6.07) is 15.2. The van der Waals surface area contributed by atoms with Crippen LogP contribution < -0.4 is 5.73 Å². The van der Waals surface area contributed by atoms with Crippen LogP contribution in [0, 0.1) is 0 Å². The largest absolute Gasteiger partial charge is 0.389 e. The zero-order valence-electron chi connectivity index (χ0n) is 10.8. The number of benzene rings is 2. The number of thiocarbonyl (C=S) groups is 1. The summed E-state index contributed by atoms with van der Waals surface area (Å²) in [6.07, 6.45) is 0. The molecular weight excluding hydrogens is 350 g/mol. The molecule has 104 valence electrons. The Hall–Kier alpha value is -2.12. The summed E-state index contributed by atoms with van der Waals surface area (Å²) >= 11 is 8.41. The van der Waals surface area contributed by atoms with E-state index in [9.17, 15) is 0 Å². The monoisotopic (exact) mass is 359 g/mol. The average molecular weight is 360 g/mol. The zero-order valence-corrected chi connectivity index (χ0v) is 13.2. The van der Waals surface area contributed by atoms with Crippen molar-refractivity contribution in [1.29, 1.82) is 0 Å². The Balaban J connectivity index is 1.97. The number of rotatable bonds is 3. The molecule has 7 heteroatoms. The van der Waals surface area contributed by atoms with Gasteiger partial charge in [0.1, 0.15) is 4.99 Å². The maximum absolute atomic E-state index is 5.63. The van der Waals surface area contributed by atoms with E-state index in [0.717, 1.165) is 21.3 Å². The molecule has 0 aliphatic carbocycles. The third-order valence-electron chi connectivity index (χ3n) is 2.89. The molecule has 2 N–H and O–H groups in total. The number of nitrogens with zero attached hydrogens (tertiary/aromatic N) is 4. The number of halogens is 1. The molecule has 0 unspecified atom stereocenters. The van der Waals surface area contributed by atoms with Crippen LogP contribution in [0.2, 0.25) is 0 Å². The molecule has 0 spiro atoms. The summed E-state index contributed by atoms with van der Waals surface area (Å²) in [4.78, 5) is 1.81. The molecule has 0 fully saturated rings.